The van der Waals surface area contributed by atoms with E-state index in [1.54, 1.807) is 12.1 Å². The van der Waals surface area contributed by atoms with Crippen molar-refractivity contribution in [2.45, 2.75) is 0 Å². The molecule has 0 atom stereocenters. The summed E-state index contributed by atoms with van der Waals surface area (Å²) in [4.78, 5) is 25.6. The first-order chi connectivity index (χ1) is 7.68. The van der Waals surface area contributed by atoms with Gasteiger partial charge >= 0.3 is 0 Å². The second-order valence-corrected chi connectivity index (χ2v) is 3.91. The number of allylic oxidation sites excluding steroid dienone is 2. The number of phenolic OH excluding ortho intramolecular Hbond substituents is 1. The highest BCUT2D eigenvalue weighted by Gasteiger charge is 2.34. The third-order valence-electron chi connectivity index (χ3n) is 2.82. The molecule has 4 heteroatoms. The van der Waals surface area contributed by atoms with Crippen molar-refractivity contribution in [2.75, 3.05) is 13.1 Å². The summed E-state index contributed by atoms with van der Waals surface area (Å²) in [5.41, 5.74) is 0.825. The smallest absolute Gasteiger partial charge is 0.213 e. The van der Waals surface area contributed by atoms with Crippen LogP contribution < -0.4 is 0 Å². The number of carbonyl (C=O) groups is 2. The monoisotopic (exact) mass is 215 g/mol. The Morgan fingerprint density at radius 1 is 1.19 bits per heavy atom. The maximum Gasteiger partial charge on any atom is 0.213 e. The number of benzene rings is 1. The molecule has 1 aliphatic heterocycles. The zero-order valence-corrected chi connectivity index (χ0v) is 8.43. The lowest BCUT2D eigenvalue weighted by Gasteiger charge is -2.16. The van der Waals surface area contributed by atoms with Gasteiger partial charge in [0.25, 0.3) is 0 Å². The Balaban J connectivity index is 2.19. The Morgan fingerprint density at radius 3 is 2.62 bits per heavy atom. The molecule has 1 aliphatic carbocycles. The van der Waals surface area contributed by atoms with Crippen LogP contribution in [-0.2, 0) is 0 Å². The van der Waals surface area contributed by atoms with Crippen LogP contribution in [0.4, 0.5) is 0 Å². The number of hydrogen-bond acceptors (Lipinski definition) is 4. The first-order valence-electron chi connectivity index (χ1n) is 5.06. The van der Waals surface area contributed by atoms with Crippen LogP contribution in [0.25, 0.3) is 0 Å². The number of phenols is 1. The van der Waals surface area contributed by atoms with E-state index >= 15 is 0 Å². The van der Waals surface area contributed by atoms with Gasteiger partial charge in [-0.15, -0.1) is 0 Å². The van der Waals surface area contributed by atoms with Crippen molar-refractivity contribution < 1.29 is 14.7 Å². The van der Waals surface area contributed by atoms with E-state index in [1.807, 2.05) is 4.90 Å². The van der Waals surface area contributed by atoms with Gasteiger partial charge in [-0.1, -0.05) is 12.1 Å². The molecule has 1 aromatic carbocycles. The number of Topliss-reactive ketones (excluding diaryl/α,β-unsaturated/α-hetero) is 1. The van der Waals surface area contributed by atoms with Gasteiger partial charge in [-0.3, -0.25) is 9.59 Å². The van der Waals surface area contributed by atoms with Crippen LogP contribution in [0.15, 0.2) is 30.0 Å². The Bertz CT molecular complexity index is 541. The number of aromatic hydroxyl groups is 1. The lowest BCUT2D eigenvalue weighted by atomic mass is 9.92. The molecule has 0 aromatic heterocycles. The molecule has 0 spiro atoms. The maximum atomic E-state index is 12.0. The molecule has 0 amide bonds. The molecule has 0 saturated carbocycles. The van der Waals surface area contributed by atoms with E-state index < -0.39 is 0 Å². The van der Waals surface area contributed by atoms with E-state index in [1.165, 1.54) is 12.1 Å². The van der Waals surface area contributed by atoms with Crippen LogP contribution in [0.1, 0.15) is 20.7 Å². The molecule has 2 aliphatic rings. The third-order valence-corrected chi connectivity index (χ3v) is 2.82. The predicted molar refractivity (Wildman–Crippen MR) is 56.4 cm³/mol. The number of hydrogen-bond donors (Lipinski definition) is 1. The minimum Gasteiger partial charge on any atom is -0.507 e. The number of nitrogens with zero attached hydrogens (tertiary/aromatic N) is 1. The van der Waals surface area contributed by atoms with Crippen LogP contribution in [0.5, 0.6) is 5.75 Å². The van der Waals surface area contributed by atoms with Gasteiger partial charge in [-0.2, -0.15) is 0 Å². The fraction of sp³-hybridized carbons (Fsp3) is 0.167. The summed E-state index contributed by atoms with van der Waals surface area (Å²) in [5.74, 6) is -0.596. The van der Waals surface area contributed by atoms with E-state index in [-0.39, 0.29) is 28.4 Å². The number of rotatable bonds is 1. The molecule has 0 unspecified atom stereocenters. The quantitative estimate of drug-likeness (QED) is 0.709. The highest BCUT2D eigenvalue weighted by molar-refractivity contribution is 6.25. The van der Waals surface area contributed by atoms with E-state index in [0.29, 0.717) is 5.70 Å². The van der Waals surface area contributed by atoms with Crippen molar-refractivity contribution in [2.24, 2.45) is 0 Å². The van der Waals surface area contributed by atoms with Gasteiger partial charge in [0.15, 0.2) is 5.78 Å². The number of fused-ring (bicyclic) bond motifs is 1. The Labute approximate surface area is 91.8 Å². The zero-order chi connectivity index (χ0) is 11.3. The van der Waals surface area contributed by atoms with Crippen LogP contribution in [0.3, 0.4) is 0 Å². The van der Waals surface area contributed by atoms with Crippen LogP contribution in [0.2, 0.25) is 0 Å². The Kier molecular flexibility index (Phi) is 1.68. The van der Waals surface area contributed by atoms with Crippen LogP contribution >= 0.6 is 0 Å². The predicted octanol–water partition coefficient (Wildman–Crippen LogP) is 0.971. The van der Waals surface area contributed by atoms with Crippen LogP contribution in [0, 0.1) is 0 Å². The highest BCUT2D eigenvalue weighted by atomic mass is 16.3. The molecule has 0 bridgehead atoms. The Hall–Kier alpha value is -2.10. The molecule has 1 saturated heterocycles. The third kappa shape index (κ3) is 1.16. The fourth-order valence-electron chi connectivity index (χ4n) is 1.91. The summed E-state index contributed by atoms with van der Waals surface area (Å²) < 4.78 is 0. The molecular weight excluding hydrogens is 206 g/mol. The van der Waals surface area contributed by atoms with Crippen molar-refractivity contribution in [3.05, 3.63) is 41.1 Å². The molecule has 16 heavy (non-hydrogen) atoms. The summed E-state index contributed by atoms with van der Waals surface area (Å²) in [6, 6.07) is 4.55. The molecule has 0 radical (unpaired) electrons. The SMILES string of the molecule is O=C1C=C(N2CC2)C(=O)c2c(O)cccc21. The fourth-order valence-corrected chi connectivity index (χ4v) is 1.91. The van der Waals surface area contributed by atoms with Gasteiger partial charge < -0.3 is 10.0 Å². The van der Waals surface area contributed by atoms with Crippen molar-refractivity contribution in [1.82, 2.24) is 4.90 Å². The van der Waals surface area contributed by atoms with Gasteiger partial charge in [0.05, 0.1) is 11.3 Å². The summed E-state index contributed by atoms with van der Waals surface area (Å²) >= 11 is 0. The standard InChI is InChI=1S/C12H9NO3/c14-9-3-1-2-7-10(15)6-8(13-4-5-13)12(16)11(7)9/h1-3,6,14H,4-5H2. The van der Waals surface area contributed by atoms with E-state index in [9.17, 15) is 14.7 Å². The lowest BCUT2D eigenvalue weighted by Crippen LogP contribution is -2.21. The van der Waals surface area contributed by atoms with Gasteiger partial charge in [0, 0.05) is 24.7 Å². The Morgan fingerprint density at radius 2 is 1.94 bits per heavy atom. The van der Waals surface area contributed by atoms with E-state index in [4.69, 9.17) is 0 Å². The highest BCUT2D eigenvalue weighted by Crippen LogP contribution is 2.31. The molecule has 4 nitrogen and oxygen atoms in total. The first kappa shape index (κ1) is 9.15. The van der Waals surface area contributed by atoms with Crippen molar-refractivity contribution in [1.29, 1.82) is 0 Å². The van der Waals surface area contributed by atoms with Gasteiger partial charge in [-0.25, -0.2) is 0 Å². The lowest BCUT2D eigenvalue weighted by molar-refractivity contribution is 0.0967. The molecule has 1 aromatic rings. The van der Waals surface area contributed by atoms with Crippen molar-refractivity contribution in [3.63, 3.8) is 0 Å². The normalized spacial score (nSPS) is 18.2. The second kappa shape index (κ2) is 2.95. The summed E-state index contributed by atoms with van der Waals surface area (Å²) in [6.45, 7) is 1.60. The largest absolute Gasteiger partial charge is 0.507 e. The minimum absolute atomic E-state index is 0.122. The van der Waals surface area contributed by atoms with Crippen molar-refractivity contribution in [3.8, 4) is 5.75 Å². The van der Waals surface area contributed by atoms with Crippen LogP contribution in [-0.4, -0.2) is 34.7 Å². The second-order valence-electron chi connectivity index (χ2n) is 3.91. The number of ketones is 2. The maximum absolute atomic E-state index is 12.0. The average Bonchev–Trinajstić information content (AvgIpc) is 3.07. The van der Waals surface area contributed by atoms with E-state index in [0.717, 1.165) is 13.1 Å². The molecule has 1 fully saturated rings. The number of carbonyl (C=O) groups excluding carboxylic acids is 2. The molecule has 3 rings (SSSR count). The topological polar surface area (TPSA) is 57.4 Å². The molecule has 80 valence electrons. The average molecular weight is 215 g/mol. The van der Waals surface area contributed by atoms with Crippen molar-refractivity contribution >= 4 is 11.6 Å². The first-order valence-corrected chi connectivity index (χ1v) is 5.06. The van der Waals surface area contributed by atoms with Gasteiger partial charge in [-0.05, 0) is 6.07 Å². The summed E-state index contributed by atoms with van der Waals surface area (Å²) in [7, 11) is 0. The molecular formula is C12H9NO3. The van der Waals surface area contributed by atoms with E-state index in [2.05, 4.69) is 0 Å². The zero-order valence-electron chi connectivity index (χ0n) is 8.43. The van der Waals surface area contributed by atoms with Gasteiger partial charge in [0.1, 0.15) is 5.75 Å². The summed E-state index contributed by atoms with van der Waals surface area (Å²) in [5, 5.41) is 9.65. The minimum atomic E-state index is -0.259. The van der Waals surface area contributed by atoms with Gasteiger partial charge in [0.2, 0.25) is 5.78 Å². The molecule has 1 N–H and O–H groups in total. The summed E-state index contributed by atoms with van der Waals surface area (Å²) in [6.07, 6.45) is 1.36. The molecule has 1 heterocycles.